The van der Waals surface area contributed by atoms with Crippen molar-refractivity contribution in [2.45, 2.75) is 24.8 Å². The molecule has 6 heteroatoms. The zero-order valence-electron chi connectivity index (χ0n) is 11.1. The highest BCUT2D eigenvalue weighted by molar-refractivity contribution is 6.32. The maximum Gasteiger partial charge on any atom is 0.273 e. The number of aromatic nitrogens is 2. The summed E-state index contributed by atoms with van der Waals surface area (Å²) in [7, 11) is 0. The van der Waals surface area contributed by atoms with Gasteiger partial charge in [0, 0.05) is 29.4 Å². The van der Waals surface area contributed by atoms with Gasteiger partial charge in [0.25, 0.3) is 5.91 Å². The van der Waals surface area contributed by atoms with E-state index in [-0.39, 0.29) is 28.7 Å². The van der Waals surface area contributed by atoms with Crippen molar-refractivity contribution in [1.82, 2.24) is 15.3 Å². The Hall–Kier alpha value is -1.65. The predicted molar refractivity (Wildman–Crippen MR) is 81.7 cm³/mol. The first kappa shape index (κ1) is 14.3. The standard InChI is InChI=1S/C15H13Cl2N3O/c16-11-4-2-1-3-9(11)10-5-6-12(10)20-15(21)13-14(17)19-8-7-18-13/h1-4,7-8,10,12H,5-6H2,(H,20,21)/t10-,12+/m0/s1. The lowest BCUT2D eigenvalue weighted by atomic mass is 9.75. The van der Waals surface area contributed by atoms with Crippen molar-refractivity contribution in [3.8, 4) is 0 Å². The number of rotatable bonds is 3. The first-order chi connectivity index (χ1) is 10.2. The molecular weight excluding hydrogens is 309 g/mol. The Bertz CT molecular complexity index is 677. The minimum Gasteiger partial charge on any atom is -0.347 e. The van der Waals surface area contributed by atoms with E-state index >= 15 is 0 Å². The molecule has 0 radical (unpaired) electrons. The van der Waals surface area contributed by atoms with Gasteiger partial charge in [-0.25, -0.2) is 9.97 Å². The van der Waals surface area contributed by atoms with E-state index in [1.807, 2.05) is 24.3 Å². The number of carbonyl (C=O) groups is 1. The molecule has 0 aliphatic heterocycles. The van der Waals surface area contributed by atoms with Gasteiger partial charge in [0.15, 0.2) is 10.8 Å². The summed E-state index contributed by atoms with van der Waals surface area (Å²) >= 11 is 12.1. The monoisotopic (exact) mass is 321 g/mol. The smallest absolute Gasteiger partial charge is 0.273 e. The highest BCUT2D eigenvalue weighted by atomic mass is 35.5. The van der Waals surface area contributed by atoms with Crippen molar-refractivity contribution in [2.24, 2.45) is 0 Å². The summed E-state index contributed by atoms with van der Waals surface area (Å²) in [6.07, 6.45) is 4.82. The van der Waals surface area contributed by atoms with E-state index in [9.17, 15) is 4.79 Å². The number of amides is 1. The van der Waals surface area contributed by atoms with Crippen LogP contribution < -0.4 is 5.32 Å². The van der Waals surface area contributed by atoms with E-state index in [4.69, 9.17) is 23.2 Å². The van der Waals surface area contributed by atoms with E-state index < -0.39 is 0 Å². The highest BCUT2D eigenvalue weighted by Crippen LogP contribution is 2.40. The fourth-order valence-electron chi connectivity index (χ4n) is 2.53. The second-order valence-corrected chi connectivity index (χ2v) is 5.75. The minimum absolute atomic E-state index is 0.0514. The lowest BCUT2D eigenvalue weighted by Crippen LogP contribution is -2.45. The molecule has 2 aromatic rings. The maximum absolute atomic E-state index is 12.2. The molecule has 1 N–H and O–H groups in total. The zero-order valence-corrected chi connectivity index (χ0v) is 12.6. The van der Waals surface area contributed by atoms with Crippen LogP contribution in [0.15, 0.2) is 36.7 Å². The van der Waals surface area contributed by atoms with Crippen molar-refractivity contribution in [3.05, 3.63) is 58.1 Å². The van der Waals surface area contributed by atoms with Crippen LogP contribution in [0.3, 0.4) is 0 Å². The number of nitrogens with zero attached hydrogens (tertiary/aromatic N) is 2. The van der Waals surface area contributed by atoms with Crippen LogP contribution in [-0.2, 0) is 0 Å². The molecule has 21 heavy (non-hydrogen) atoms. The Balaban J connectivity index is 1.73. The molecule has 3 rings (SSSR count). The summed E-state index contributed by atoms with van der Waals surface area (Å²) < 4.78 is 0. The van der Waals surface area contributed by atoms with Crippen molar-refractivity contribution in [2.75, 3.05) is 0 Å². The number of benzene rings is 1. The van der Waals surface area contributed by atoms with Gasteiger partial charge in [-0.3, -0.25) is 4.79 Å². The third-order valence-electron chi connectivity index (χ3n) is 3.76. The SMILES string of the molecule is O=C(N[C@@H]1CC[C@H]1c1ccccc1Cl)c1nccnc1Cl. The summed E-state index contributed by atoms with van der Waals surface area (Å²) in [6.45, 7) is 0. The van der Waals surface area contributed by atoms with E-state index in [0.29, 0.717) is 0 Å². The summed E-state index contributed by atoms with van der Waals surface area (Å²) in [5, 5.41) is 3.81. The molecule has 2 atom stereocenters. The van der Waals surface area contributed by atoms with Gasteiger partial charge in [0.1, 0.15) is 0 Å². The molecule has 1 amide bonds. The lowest BCUT2D eigenvalue weighted by Gasteiger charge is -2.37. The fraction of sp³-hybridized carbons (Fsp3) is 0.267. The molecule has 1 heterocycles. The Kier molecular flexibility index (Phi) is 4.08. The lowest BCUT2D eigenvalue weighted by molar-refractivity contribution is 0.0899. The zero-order chi connectivity index (χ0) is 14.8. The average molecular weight is 322 g/mol. The first-order valence-electron chi connectivity index (χ1n) is 6.68. The summed E-state index contributed by atoms with van der Waals surface area (Å²) in [5.74, 6) is -0.0621. The van der Waals surface area contributed by atoms with Gasteiger partial charge < -0.3 is 5.32 Å². The predicted octanol–water partition coefficient (Wildman–Crippen LogP) is 3.46. The maximum atomic E-state index is 12.2. The van der Waals surface area contributed by atoms with Gasteiger partial charge in [-0.15, -0.1) is 0 Å². The van der Waals surface area contributed by atoms with Gasteiger partial charge >= 0.3 is 0 Å². The van der Waals surface area contributed by atoms with Crippen LogP contribution in [0.5, 0.6) is 0 Å². The molecular formula is C15H13Cl2N3O. The Morgan fingerprint density at radius 2 is 1.90 bits per heavy atom. The van der Waals surface area contributed by atoms with Crippen LogP contribution in [0.4, 0.5) is 0 Å². The number of nitrogens with one attached hydrogen (secondary N) is 1. The third-order valence-corrected chi connectivity index (χ3v) is 4.39. The second kappa shape index (κ2) is 6.00. The quantitative estimate of drug-likeness (QED) is 0.941. The molecule has 0 saturated heterocycles. The molecule has 1 aliphatic carbocycles. The van der Waals surface area contributed by atoms with Crippen LogP contribution >= 0.6 is 23.2 Å². The van der Waals surface area contributed by atoms with Crippen LogP contribution in [0.25, 0.3) is 0 Å². The summed E-state index contributed by atoms with van der Waals surface area (Å²) in [6, 6.07) is 7.78. The molecule has 1 fully saturated rings. The topological polar surface area (TPSA) is 54.9 Å². The third kappa shape index (κ3) is 2.87. The van der Waals surface area contributed by atoms with Crippen LogP contribution in [0.1, 0.15) is 34.8 Å². The average Bonchev–Trinajstić information content (AvgIpc) is 2.46. The van der Waals surface area contributed by atoms with Crippen LogP contribution in [0, 0.1) is 0 Å². The molecule has 0 bridgehead atoms. The normalized spacial score (nSPS) is 20.7. The number of hydrogen-bond acceptors (Lipinski definition) is 3. The molecule has 0 spiro atoms. The summed E-state index contributed by atoms with van der Waals surface area (Å²) in [5.41, 5.74) is 1.23. The molecule has 108 valence electrons. The van der Waals surface area contributed by atoms with E-state index in [0.717, 1.165) is 23.4 Å². The van der Waals surface area contributed by atoms with Crippen molar-refractivity contribution >= 4 is 29.1 Å². The molecule has 0 unspecified atom stereocenters. The number of halogens is 2. The van der Waals surface area contributed by atoms with Gasteiger partial charge in [-0.05, 0) is 24.5 Å². The Labute approximate surface area is 132 Å². The van der Waals surface area contributed by atoms with Gasteiger partial charge in [0.05, 0.1) is 0 Å². The molecule has 1 aromatic heterocycles. The number of carbonyl (C=O) groups excluding carboxylic acids is 1. The van der Waals surface area contributed by atoms with Gasteiger partial charge in [-0.1, -0.05) is 41.4 Å². The Morgan fingerprint density at radius 3 is 2.57 bits per heavy atom. The number of hydrogen-bond donors (Lipinski definition) is 1. The van der Waals surface area contributed by atoms with Crippen LogP contribution in [0.2, 0.25) is 10.2 Å². The second-order valence-electron chi connectivity index (χ2n) is 4.98. The minimum atomic E-state index is -0.296. The van der Waals surface area contributed by atoms with Crippen molar-refractivity contribution in [3.63, 3.8) is 0 Å². The molecule has 1 saturated carbocycles. The van der Waals surface area contributed by atoms with Crippen molar-refractivity contribution < 1.29 is 4.79 Å². The highest BCUT2D eigenvalue weighted by Gasteiger charge is 2.35. The van der Waals surface area contributed by atoms with E-state index in [1.165, 1.54) is 12.4 Å². The Morgan fingerprint density at radius 1 is 1.14 bits per heavy atom. The molecule has 1 aliphatic rings. The van der Waals surface area contributed by atoms with Crippen molar-refractivity contribution in [1.29, 1.82) is 0 Å². The first-order valence-corrected chi connectivity index (χ1v) is 7.44. The summed E-state index contributed by atoms with van der Waals surface area (Å²) in [4.78, 5) is 20.0. The van der Waals surface area contributed by atoms with Gasteiger partial charge in [0.2, 0.25) is 0 Å². The van der Waals surface area contributed by atoms with Gasteiger partial charge in [-0.2, -0.15) is 0 Å². The fourth-order valence-corrected chi connectivity index (χ4v) is 3.00. The molecule has 4 nitrogen and oxygen atoms in total. The van der Waals surface area contributed by atoms with E-state index in [1.54, 1.807) is 0 Å². The van der Waals surface area contributed by atoms with E-state index in [2.05, 4.69) is 15.3 Å². The molecule has 1 aromatic carbocycles. The van der Waals surface area contributed by atoms with Crippen LogP contribution in [-0.4, -0.2) is 21.9 Å². The largest absolute Gasteiger partial charge is 0.347 e.